The summed E-state index contributed by atoms with van der Waals surface area (Å²) in [5, 5.41) is 14.8. The second-order valence-corrected chi connectivity index (χ2v) is 5.01. The van der Waals surface area contributed by atoms with Crippen molar-refractivity contribution in [1.82, 2.24) is 15.1 Å². The summed E-state index contributed by atoms with van der Waals surface area (Å²) in [6.45, 7) is 2.62. The highest BCUT2D eigenvalue weighted by molar-refractivity contribution is 5.92. The van der Waals surface area contributed by atoms with Gasteiger partial charge in [0.15, 0.2) is 5.69 Å². The maximum Gasteiger partial charge on any atom is 0.279 e. The highest BCUT2D eigenvalue weighted by atomic mass is 19.3. The minimum Gasteiger partial charge on any atom is -0.336 e. The molecule has 2 heterocycles. The molecule has 2 rings (SSSR count). The monoisotopic (exact) mass is 268 g/mol. The number of hydrogen-bond donors (Lipinski definition) is 1. The van der Waals surface area contributed by atoms with Crippen LogP contribution in [0.1, 0.15) is 42.4 Å². The van der Waals surface area contributed by atoms with Crippen LogP contribution in [-0.4, -0.2) is 34.1 Å². The second kappa shape index (κ2) is 4.96. The van der Waals surface area contributed by atoms with Gasteiger partial charge in [0.25, 0.3) is 12.3 Å². The van der Waals surface area contributed by atoms with E-state index in [-0.39, 0.29) is 11.4 Å². The highest BCUT2D eigenvalue weighted by Crippen LogP contribution is 2.29. The van der Waals surface area contributed by atoms with E-state index in [4.69, 9.17) is 5.26 Å². The van der Waals surface area contributed by atoms with Crippen LogP contribution in [0.2, 0.25) is 0 Å². The van der Waals surface area contributed by atoms with Crippen molar-refractivity contribution in [3.63, 3.8) is 0 Å². The van der Waals surface area contributed by atoms with Crippen molar-refractivity contribution in [2.75, 3.05) is 13.1 Å². The van der Waals surface area contributed by atoms with Gasteiger partial charge in [0.05, 0.1) is 11.5 Å². The third-order valence-corrected chi connectivity index (χ3v) is 3.31. The van der Waals surface area contributed by atoms with E-state index in [1.807, 2.05) is 0 Å². The summed E-state index contributed by atoms with van der Waals surface area (Å²) in [5.74, 6) is -0.413. The topological polar surface area (TPSA) is 72.8 Å². The highest BCUT2D eigenvalue weighted by Gasteiger charge is 2.34. The molecule has 19 heavy (non-hydrogen) atoms. The maximum absolute atomic E-state index is 12.4. The molecule has 0 unspecified atom stereocenters. The Balaban J connectivity index is 2.13. The predicted octanol–water partition coefficient (Wildman–Crippen LogP) is 2.11. The van der Waals surface area contributed by atoms with E-state index in [9.17, 15) is 13.6 Å². The fourth-order valence-corrected chi connectivity index (χ4v) is 2.22. The molecule has 1 fully saturated rings. The van der Waals surface area contributed by atoms with E-state index in [1.165, 1.54) is 4.90 Å². The summed E-state index contributed by atoms with van der Waals surface area (Å²) in [7, 11) is 0. The summed E-state index contributed by atoms with van der Waals surface area (Å²) in [4.78, 5) is 13.6. The van der Waals surface area contributed by atoms with Crippen molar-refractivity contribution in [2.24, 2.45) is 5.41 Å². The Hall–Kier alpha value is -1.97. The van der Waals surface area contributed by atoms with Gasteiger partial charge in [0, 0.05) is 13.1 Å². The molecular formula is C12H14F2N4O. The average molecular weight is 268 g/mol. The molecule has 0 aliphatic carbocycles. The number of nitrogens with zero attached hydrogens (tertiary/aromatic N) is 3. The van der Waals surface area contributed by atoms with Gasteiger partial charge in [-0.1, -0.05) is 0 Å². The van der Waals surface area contributed by atoms with Gasteiger partial charge in [-0.25, -0.2) is 8.78 Å². The number of piperidine rings is 1. The van der Waals surface area contributed by atoms with E-state index >= 15 is 0 Å². The standard InChI is InChI=1S/C12H14F2N4O/c1-12(6-15)3-2-4-18(7-12)11(19)9-5-8(10(13)14)16-17-9/h5,10H,2-4,7H2,1H3,(H,16,17)/t12-/m0/s1. The Morgan fingerprint density at radius 3 is 3.00 bits per heavy atom. The van der Waals surface area contributed by atoms with Crippen LogP contribution in [0.15, 0.2) is 6.07 Å². The van der Waals surface area contributed by atoms with E-state index in [1.54, 1.807) is 6.92 Å². The van der Waals surface area contributed by atoms with Crippen LogP contribution in [0.4, 0.5) is 8.78 Å². The summed E-state index contributed by atoms with van der Waals surface area (Å²) < 4.78 is 24.8. The summed E-state index contributed by atoms with van der Waals surface area (Å²) in [6, 6.07) is 3.26. The molecule has 1 atom stereocenters. The quantitative estimate of drug-likeness (QED) is 0.892. The first kappa shape index (κ1) is 13.5. The first-order chi connectivity index (χ1) is 8.95. The number of carbonyl (C=O) groups excluding carboxylic acids is 1. The Kier molecular flexibility index (Phi) is 3.51. The number of halogens is 2. The van der Waals surface area contributed by atoms with E-state index < -0.39 is 17.7 Å². The van der Waals surface area contributed by atoms with Crippen LogP contribution in [0.5, 0.6) is 0 Å². The first-order valence-electron chi connectivity index (χ1n) is 5.99. The van der Waals surface area contributed by atoms with Crippen LogP contribution in [0.3, 0.4) is 0 Å². The van der Waals surface area contributed by atoms with Gasteiger partial charge in [-0.15, -0.1) is 0 Å². The van der Waals surface area contributed by atoms with Crippen LogP contribution in [0, 0.1) is 16.7 Å². The number of carbonyl (C=O) groups is 1. The van der Waals surface area contributed by atoms with Crippen LogP contribution in [0.25, 0.3) is 0 Å². The largest absolute Gasteiger partial charge is 0.336 e. The fourth-order valence-electron chi connectivity index (χ4n) is 2.22. The summed E-state index contributed by atoms with van der Waals surface area (Å²) >= 11 is 0. The normalized spacial score (nSPS) is 23.4. The molecule has 0 bridgehead atoms. The molecular weight excluding hydrogens is 254 g/mol. The lowest BCUT2D eigenvalue weighted by Crippen LogP contribution is -2.44. The van der Waals surface area contributed by atoms with Crippen molar-refractivity contribution in [3.05, 3.63) is 17.5 Å². The lowest BCUT2D eigenvalue weighted by Gasteiger charge is -2.35. The minimum absolute atomic E-state index is 0.0301. The van der Waals surface area contributed by atoms with Crippen molar-refractivity contribution < 1.29 is 13.6 Å². The Labute approximate surface area is 109 Å². The van der Waals surface area contributed by atoms with Gasteiger partial charge in [-0.3, -0.25) is 9.89 Å². The van der Waals surface area contributed by atoms with Crippen LogP contribution in [-0.2, 0) is 0 Å². The zero-order valence-electron chi connectivity index (χ0n) is 10.5. The van der Waals surface area contributed by atoms with Gasteiger partial charge in [0.2, 0.25) is 0 Å². The van der Waals surface area contributed by atoms with Gasteiger partial charge in [0.1, 0.15) is 5.69 Å². The Morgan fingerprint density at radius 1 is 1.68 bits per heavy atom. The summed E-state index contributed by atoms with van der Waals surface area (Å²) in [5.41, 5.74) is -0.976. The second-order valence-electron chi connectivity index (χ2n) is 5.01. The molecule has 1 amide bonds. The van der Waals surface area contributed by atoms with Gasteiger partial charge >= 0.3 is 0 Å². The number of likely N-dealkylation sites (tertiary alicyclic amines) is 1. The molecule has 0 radical (unpaired) electrons. The maximum atomic E-state index is 12.4. The molecule has 1 aliphatic rings. The third-order valence-electron chi connectivity index (χ3n) is 3.31. The zero-order chi connectivity index (χ0) is 14.0. The lowest BCUT2D eigenvalue weighted by atomic mass is 9.83. The molecule has 7 heteroatoms. The molecule has 102 valence electrons. The molecule has 1 aromatic rings. The lowest BCUT2D eigenvalue weighted by molar-refractivity contribution is 0.0624. The zero-order valence-corrected chi connectivity index (χ0v) is 10.5. The SMILES string of the molecule is C[C@@]1(C#N)CCCN(C(=O)c2cc(C(F)F)[nH]n2)C1. The molecule has 1 aliphatic heterocycles. The molecule has 1 saturated heterocycles. The number of aromatic nitrogens is 2. The molecule has 5 nitrogen and oxygen atoms in total. The number of rotatable bonds is 2. The van der Waals surface area contributed by atoms with Crippen LogP contribution < -0.4 is 0 Å². The Morgan fingerprint density at radius 2 is 2.42 bits per heavy atom. The number of alkyl halides is 2. The number of H-pyrrole nitrogens is 1. The van der Waals surface area contributed by atoms with Crippen molar-refractivity contribution in [2.45, 2.75) is 26.2 Å². The summed E-state index contributed by atoms with van der Waals surface area (Å²) in [6.07, 6.45) is -1.22. The van der Waals surface area contributed by atoms with Crippen LogP contribution >= 0.6 is 0 Å². The number of nitriles is 1. The van der Waals surface area contributed by atoms with E-state index in [0.717, 1.165) is 18.9 Å². The number of aromatic amines is 1. The van der Waals surface area contributed by atoms with E-state index in [2.05, 4.69) is 16.3 Å². The Bertz CT molecular complexity index is 522. The smallest absolute Gasteiger partial charge is 0.279 e. The number of hydrogen-bond acceptors (Lipinski definition) is 3. The number of amides is 1. The van der Waals surface area contributed by atoms with E-state index in [0.29, 0.717) is 13.1 Å². The number of nitrogens with one attached hydrogen (secondary N) is 1. The molecule has 0 saturated carbocycles. The van der Waals surface area contributed by atoms with Gasteiger partial charge in [-0.05, 0) is 25.8 Å². The molecule has 0 aromatic carbocycles. The molecule has 1 N–H and O–H groups in total. The average Bonchev–Trinajstić information content (AvgIpc) is 2.87. The van der Waals surface area contributed by atoms with Crippen molar-refractivity contribution in [3.8, 4) is 6.07 Å². The van der Waals surface area contributed by atoms with Gasteiger partial charge in [-0.2, -0.15) is 10.4 Å². The first-order valence-corrected chi connectivity index (χ1v) is 5.99. The third kappa shape index (κ3) is 2.72. The fraction of sp³-hybridized carbons (Fsp3) is 0.583. The van der Waals surface area contributed by atoms with Crippen molar-refractivity contribution >= 4 is 5.91 Å². The predicted molar refractivity (Wildman–Crippen MR) is 62.4 cm³/mol. The van der Waals surface area contributed by atoms with Gasteiger partial charge < -0.3 is 4.90 Å². The molecule has 1 aromatic heterocycles. The van der Waals surface area contributed by atoms with Crippen molar-refractivity contribution in [1.29, 1.82) is 5.26 Å². The molecule has 0 spiro atoms. The minimum atomic E-state index is -2.68.